The normalized spacial score (nSPS) is 15.6. The van der Waals surface area contributed by atoms with Crippen LogP contribution >= 0.6 is 0 Å². The quantitative estimate of drug-likeness (QED) is 0.307. The van der Waals surface area contributed by atoms with Crippen molar-refractivity contribution in [3.63, 3.8) is 0 Å². The highest BCUT2D eigenvalue weighted by Gasteiger charge is 2.22. The predicted molar refractivity (Wildman–Crippen MR) is 144 cm³/mol. The van der Waals surface area contributed by atoms with Crippen LogP contribution < -0.4 is 5.32 Å². The van der Waals surface area contributed by atoms with E-state index in [9.17, 15) is 9.59 Å². The van der Waals surface area contributed by atoms with E-state index in [0.717, 1.165) is 41.7 Å². The van der Waals surface area contributed by atoms with E-state index in [-0.39, 0.29) is 24.3 Å². The van der Waals surface area contributed by atoms with Gasteiger partial charge in [-0.1, -0.05) is 61.5 Å². The molecule has 1 heterocycles. The summed E-state index contributed by atoms with van der Waals surface area (Å²) in [6.07, 6.45) is 4.44. The second-order valence-electron chi connectivity index (χ2n) is 9.95. The average molecular weight is 494 g/mol. The summed E-state index contributed by atoms with van der Waals surface area (Å²) in [5, 5.41) is 12.4. The molecule has 4 aromatic rings. The Morgan fingerprint density at radius 2 is 1.78 bits per heavy atom. The number of amides is 1. The highest BCUT2D eigenvalue weighted by atomic mass is 16.4. The maximum atomic E-state index is 13.2. The van der Waals surface area contributed by atoms with Crippen LogP contribution in [0.4, 0.5) is 0 Å². The molecular weight excluding hydrogens is 462 g/mol. The van der Waals surface area contributed by atoms with E-state index < -0.39 is 5.97 Å². The number of hydrogen-bond acceptors (Lipinski definition) is 4. The molecule has 0 saturated carbocycles. The molecule has 3 aromatic carbocycles. The second-order valence-corrected chi connectivity index (χ2v) is 9.95. The maximum Gasteiger partial charge on any atom is 0.303 e. The lowest BCUT2D eigenvalue weighted by Gasteiger charge is -2.26. The van der Waals surface area contributed by atoms with Gasteiger partial charge in [0.05, 0.1) is 28.5 Å². The van der Waals surface area contributed by atoms with Crippen molar-refractivity contribution in [2.24, 2.45) is 5.92 Å². The molecule has 0 fully saturated rings. The number of carbonyl (C=O) groups is 2. The molecule has 0 spiro atoms. The molecule has 1 amide bonds. The predicted octanol–water partition coefficient (Wildman–Crippen LogP) is 6.15. The summed E-state index contributed by atoms with van der Waals surface area (Å²) in [5.41, 5.74) is 7.03. The summed E-state index contributed by atoms with van der Waals surface area (Å²) in [5.74, 6) is -0.889. The standard InChI is InChI=1S/C31H31N3O3/c1-20(18-29(35)36)14-16-27-30(22-9-3-2-4-10-22)33-26-17-15-23(19-28(26)32-27)31(37)34-25-13-7-11-21-8-5-6-12-24(21)25/h2-6,8-10,12,15,17,19-20,25H,7,11,13-14,16,18H2,1H3,(H,34,37)(H,35,36)/t20-,25+/m0/s1. The van der Waals surface area contributed by atoms with Gasteiger partial charge in [0.15, 0.2) is 0 Å². The van der Waals surface area contributed by atoms with Gasteiger partial charge in [0.1, 0.15) is 0 Å². The monoisotopic (exact) mass is 493 g/mol. The van der Waals surface area contributed by atoms with Crippen LogP contribution in [0.15, 0.2) is 72.8 Å². The number of fused-ring (bicyclic) bond motifs is 2. The van der Waals surface area contributed by atoms with E-state index in [1.54, 1.807) is 0 Å². The zero-order valence-electron chi connectivity index (χ0n) is 21.0. The minimum atomic E-state index is -0.795. The van der Waals surface area contributed by atoms with Crippen LogP contribution in [0.3, 0.4) is 0 Å². The minimum absolute atomic E-state index is 0.00553. The van der Waals surface area contributed by atoms with Crippen molar-refractivity contribution in [2.45, 2.75) is 51.5 Å². The first-order valence-electron chi connectivity index (χ1n) is 12.9. The van der Waals surface area contributed by atoms with Crippen LogP contribution in [0.1, 0.15) is 65.8 Å². The number of nitrogens with zero attached hydrogens (tertiary/aromatic N) is 2. The number of benzene rings is 3. The number of nitrogens with one attached hydrogen (secondary N) is 1. The summed E-state index contributed by atoms with van der Waals surface area (Å²) in [7, 11) is 0. The number of carbonyl (C=O) groups excluding carboxylic acids is 1. The molecule has 1 aliphatic rings. The third kappa shape index (κ3) is 5.69. The highest BCUT2D eigenvalue weighted by molar-refractivity contribution is 5.97. The number of rotatable bonds is 8. The van der Waals surface area contributed by atoms with Crippen molar-refractivity contribution in [1.29, 1.82) is 0 Å². The van der Waals surface area contributed by atoms with E-state index in [4.69, 9.17) is 15.1 Å². The molecule has 6 nitrogen and oxygen atoms in total. The Kier molecular flexibility index (Phi) is 7.26. The zero-order valence-corrected chi connectivity index (χ0v) is 21.0. The minimum Gasteiger partial charge on any atom is -0.481 e. The third-order valence-corrected chi connectivity index (χ3v) is 7.12. The summed E-state index contributed by atoms with van der Waals surface area (Å²) >= 11 is 0. The molecule has 0 radical (unpaired) electrons. The number of carboxylic acids is 1. The third-order valence-electron chi connectivity index (χ3n) is 7.12. The molecule has 188 valence electrons. The molecule has 6 heteroatoms. The molecule has 2 atom stereocenters. The number of aryl methyl sites for hydroxylation is 2. The van der Waals surface area contributed by atoms with Crippen molar-refractivity contribution < 1.29 is 14.7 Å². The molecule has 37 heavy (non-hydrogen) atoms. The Morgan fingerprint density at radius 3 is 2.59 bits per heavy atom. The summed E-state index contributed by atoms with van der Waals surface area (Å²) in [6, 6.07) is 23.7. The summed E-state index contributed by atoms with van der Waals surface area (Å²) in [4.78, 5) is 34.2. The van der Waals surface area contributed by atoms with Crippen molar-refractivity contribution >= 4 is 22.9 Å². The number of aliphatic carboxylic acids is 1. The molecule has 2 N–H and O–H groups in total. The maximum absolute atomic E-state index is 13.2. The first-order chi connectivity index (χ1) is 18.0. The van der Waals surface area contributed by atoms with Crippen LogP contribution in [0.25, 0.3) is 22.3 Å². The van der Waals surface area contributed by atoms with E-state index in [2.05, 4.69) is 23.5 Å². The fourth-order valence-corrected chi connectivity index (χ4v) is 5.16. The van der Waals surface area contributed by atoms with Gasteiger partial charge in [-0.3, -0.25) is 9.59 Å². The molecule has 5 rings (SSSR count). The molecule has 0 unspecified atom stereocenters. The van der Waals surface area contributed by atoms with Gasteiger partial charge in [-0.15, -0.1) is 0 Å². The first kappa shape index (κ1) is 24.6. The van der Waals surface area contributed by atoms with Crippen LogP contribution in [0.2, 0.25) is 0 Å². The van der Waals surface area contributed by atoms with Gasteiger partial charge in [0, 0.05) is 17.5 Å². The fourth-order valence-electron chi connectivity index (χ4n) is 5.16. The van der Waals surface area contributed by atoms with Gasteiger partial charge < -0.3 is 10.4 Å². The van der Waals surface area contributed by atoms with Gasteiger partial charge in [0.25, 0.3) is 5.91 Å². The summed E-state index contributed by atoms with van der Waals surface area (Å²) in [6.45, 7) is 1.94. The second kappa shape index (κ2) is 10.9. The molecule has 0 bridgehead atoms. The summed E-state index contributed by atoms with van der Waals surface area (Å²) < 4.78 is 0. The Labute approximate surface area is 216 Å². The van der Waals surface area contributed by atoms with Gasteiger partial charge >= 0.3 is 5.97 Å². The molecule has 1 aromatic heterocycles. The van der Waals surface area contributed by atoms with Crippen molar-refractivity contribution in [1.82, 2.24) is 15.3 Å². The van der Waals surface area contributed by atoms with Gasteiger partial charge in [-0.2, -0.15) is 0 Å². The molecule has 1 aliphatic carbocycles. The van der Waals surface area contributed by atoms with Gasteiger partial charge in [0.2, 0.25) is 0 Å². The average Bonchev–Trinajstić information content (AvgIpc) is 2.91. The Balaban J connectivity index is 1.44. The largest absolute Gasteiger partial charge is 0.481 e. The lowest BCUT2D eigenvalue weighted by Crippen LogP contribution is -2.31. The lowest BCUT2D eigenvalue weighted by molar-refractivity contribution is -0.138. The molecule has 0 saturated heterocycles. The Hall–Kier alpha value is -4.06. The molecule has 0 aliphatic heterocycles. The van der Waals surface area contributed by atoms with Gasteiger partial charge in [-0.05, 0) is 67.3 Å². The van der Waals surface area contributed by atoms with Crippen molar-refractivity contribution in [2.75, 3.05) is 0 Å². The van der Waals surface area contributed by atoms with Crippen LogP contribution in [0.5, 0.6) is 0 Å². The molecular formula is C31H31N3O3. The smallest absolute Gasteiger partial charge is 0.303 e. The fraction of sp³-hybridized carbons (Fsp3) is 0.290. The Morgan fingerprint density at radius 1 is 1.00 bits per heavy atom. The number of hydrogen-bond donors (Lipinski definition) is 2. The SMILES string of the molecule is C[C@@H](CCc1nc2cc(C(=O)N[C@@H]3CCCc4ccccc43)ccc2nc1-c1ccccc1)CC(=O)O. The van der Waals surface area contributed by atoms with Crippen LogP contribution in [-0.2, 0) is 17.6 Å². The zero-order chi connectivity index (χ0) is 25.8. The lowest BCUT2D eigenvalue weighted by atomic mass is 9.87. The topological polar surface area (TPSA) is 92.2 Å². The number of aromatic nitrogens is 2. The van der Waals surface area contributed by atoms with Gasteiger partial charge in [-0.25, -0.2) is 9.97 Å². The number of carboxylic acid groups (broad SMARTS) is 1. The van der Waals surface area contributed by atoms with E-state index in [0.29, 0.717) is 23.9 Å². The van der Waals surface area contributed by atoms with E-state index in [1.165, 1.54) is 11.1 Å². The van der Waals surface area contributed by atoms with E-state index in [1.807, 2.05) is 61.5 Å². The van der Waals surface area contributed by atoms with Crippen LogP contribution in [0, 0.1) is 5.92 Å². The highest BCUT2D eigenvalue weighted by Crippen LogP contribution is 2.30. The van der Waals surface area contributed by atoms with Crippen molar-refractivity contribution in [3.8, 4) is 11.3 Å². The first-order valence-corrected chi connectivity index (χ1v) is 12.9. The van der Waals surface area contributed by atoms with Crippen LogP contribution in [-0.4, -0.2) is 27.0 Å². The van der Waals surface area contributed by atoms with Crippen molar-refractivity contribution in [3.05, 3.63) is 95.2 Å². The Bertz CT molecular complexity index is 1430. The van der Waals surface area contributed by atoms with E-state index >= 15 is 0 Å².